The van der Waals surface area contributed by atoms with Crippen LogP contribution in [0.25, 0.3) is 0 Å². The number of carbonyl (C=O) groups is 1. The van der Waals surface area contributed by atoms with Crippen molar-refractivity contribution in [3.63, 3.8) is 0 Å². The third-order valence-electron chi connectivity index (χ3n) is 5.15. The zero-order valence-electron chi connectivity index (χ0n) is 17.1. The quantitative estimate of drug-likeness (QED) is 0.541. The van der Waals surface area contributed by atoms with Crippen molar-refractivity contribution in [2.45, 2.75) is 32.0 Å². The molecule has 0 unspecified atom stereocenters. The maximum Gasteiger partial charge on any atom is 0.257 e. The molecule has 32 heavy (non-hydrogen) atoms. The van der Waals surface area contributed by atoms with Gasteiger partial charge in [-0.15, -0.1) is 12.4 Å². The lowest BCUT2D eigenvalue weighted by Gasteiger charge is -2.22. The highest BCUT2D eigenvalue weighted by molar-refractivity contribution is 6.04. The Kier molecular flexibility index (Phi) is 7.52. The maximum absolute atomic E-state index is 13.6. The van der Waals surface area contributed by atoms with E-state index in [0.717, 1.165) is 24.5 Å². The first-order chi connectivity index (χ1) is 15.0. The molecule has 164 valence electrons. The van der Waals surface area contributed by atoms with E-state index in [-0.39, 0.29) is 18.3 Å². The molecule has 0 spiro atoms. The average Bonchev–Trinajstić information content (AvgIpc) is 3.62. The molecule has 5 nitrogen and oxygen atoms in total. The SMILES string of the molecule is Cl.N#Cc1ccc(NC(=O)c2cncc(CN(Cc3ccc(F)c(F)c3)C3CC3)c2)cc1. The van der Waals surface area contributed by atoms with Gasteiger partial charge in [-0.3, -0.25) is 14.7 Å². The van der Waals surface area contributed by atoms with Gasteiger partial charge in [0.05, 0.1) is 17.2 Å². The molecular weight excluding hydrogens is 434 g/mol. The van der Waals surface area contributed by atoms with Crippen LogP contribution in [0.4, 0.5) is 14.5 Å². The number of pyridine rings is 1. The van der Waals surface area contributed by atoms with Gasteiger partial charge >= 0.3 is 0 Å². The van der Waals surface area contributed by atoms with E-state index in [1.165, 1.54) is 12.3 Å². The van der Waals surface area contributed by atoms with Gasteiger partial charge in [0.25, 0.3) is 5.91 Å². The maximum atomic E-state index is 13.6. The smallest absolute Gasteiger partial charge is 0.257 e. The number of anilines is 1. The van der Waals surface area contributed by atoms with Crippen molar-refractivity contribution in [3.05, 3.63) is 94.8 Å². The Hall–Kier alpha value is -3.34. The molecule has 1 aliphatic rings. The molecule has 1 aromatic heterocycles. The number of halogens is 3. The lowest BCUT2D eigenvalue weighted by atomic mass is 10.1. The second-order valence-electron chi connectivity index (χ2n) is 7.61. The number of benzene rings is 2. The summed E-state index contributed by atoms with van der Waals surface area (Å²) in [4.78, 5) is 19.0. The average molecular weight is 455 g/mol. The third-order valence-corrected chi connectivity index (χ3v) is 5.15. The Morgan fingerprint density at radius 3 is 2.41 bits per heavy atom. The molecule has 1 heterocycles. The van der Waals surface area contributed by atoms with Crippen LogP contribution < -0.4 is 5.32 Å². The van der Waals surface area contributed by atoms with Crippen LogP contribution in [-0.4, -0.2) is 21.8 Å². The summed E-state index contributed by atoms with van der Waals surface area (Å²) in [6.07, 6.45) is 5.31. The molecule has 0 radical (unpaired) electrons. The minimum atomic E-state index is -0.855. The Balaban J connectivity index is 0.00000289. The highest BCUT2D eigenvalue weighted by Gasteiger charge is 2.29. The van der Waals surface area contributed by atoms with Crippen molar-refractivity contribution in [2.24, 2.45) is 0 Å². The molecule has 3 aromatic rings. The minimum absolute atomic E-state index is 0. The van der Waals surface area contributed by atoms with Gasteiger partial charge < -0.3 is 5.32 Å². The summed E-state index contributed by atoms with van der Waals surface area (Å²) in [6.45, 7) is 1.04. The van der Waals surface area contributed by atoms with E-state index in [9.17, 15) is 13.6 Å². The number of hydrogen-bond acceptors (Lipinski definition) is 4. The molecule has 4 rings (SSSR count). The predicted octanol–water partition coefficient (Wildman–Crippen LogP) is 5.07. The van der Waals surface area contributed by atoms with Crippen LogP contribution in [0.1, 0.15) is 39.9 Å². The van der Waals surface area contributed by atoms with Crippen molar-refractivity contribution < 1.29 is 13.6 Å². The molecule has 8 heteroatoms. The van der Waals surface area contributed by atoms with Crippen molar-refractivity contribution in [3.8, 4) is 6.07 Å². The fraction of sp³-hybridized carbons (Fsp3) is 0.208. The van der Waals surface area contributed by atoms with E-state index in [4.69, 9.17) is 5.26 Å². The topological polar surface area (TPSA) is 69.0 Å². The molecular formula is C24H21ClF2N4O. The Bertz CT molecular complexity index is 1140. The molecule has 0 saturated heterocycles. The van der Waals surface area contributed by atoms with Crippen molar-refractivity contribution in [2.75, 3.05) is 5.32 Å². The van der Waals surface area contributed by atoms with Crippen molar-refractivity contribution >= 4 is 24.0 Å². The zero-order chi connectivity index (χ0) is 21.8. The van der Waals surface area contributed by atoms with Gasteiger partial charge in [-0.2, -0.15) is 5.26 Å². The number of nitrogens with one attached hydrogen (secondary N) is 1. The van der Waals surface area contributed by atoms with Crippen LogP contribution in [-0.2, 0) is 13.1 Å². The molecule has 1 saturated carbocycles. The molecule has 1 amide bonds. The fourth-order valence-corrected chi connectivity index (χ4v) is 3.39. The van der Waals surface area contributed by atoms with Crippen molar-refractivity contribution in [1.82, 2.24) is 9.88 Å². The van der Waals surface area contributed by atoms with E-state index in [0.29, 0.717) is 41.5 Å². The lowest BCUT2D eigenvalue weighted by Crippen LogP contribution is -2.25. The number of amides is 1. The van der Waals surface area contributed by atoms with Crippen LogP contribution in [0, 0.1) is 23.0 Å². The normalized spacial score (nSPS) is 12.7. The number of aromatic nitrogens is 1. The van der Waals surface area contributed by atoms with E-state index < -0.39 is 11.6 Å². The first kappa shape index (κ1) is 23.3. The molecule has 2 aromatic carbocycles. The highest BCUT2D eigenvalue weighted by atomic mass is 35.5. The fourth-order valence-electron chi connectivity index (χ4n) is 3.39. The largest absolute Gasteiger partial charge is 0.322 e. The lowest BCUT2D eigenvalue weighted by molar-refractivity contribution is 0.102. The zero-order valence-corrected chi connectivity index (χ0v) is 17.9. The number of nitriles is 1. The van der Waals surface area contributed by atoms with Crippen LogP contribution >= 0.6 is 12.4 Å². The molecule has 1 fully saturated rings. The summed E-state index contributed by atoms with van der Waals surface area (Å²) in [7, 11) is 0. The van der Waals surface area contributed by atoms with Gasteiger partial charge in [0.1, 0.15) is 0 Å². The molecule has 1 N–H and O–H groups in total. The third kappa shape index (κ3) is 5.88. The van der Waals surface area contributed by atoms with E-state index in [2.05, 4.69) is 15.2 Å². The number of carbonyl (C=O) groups excluding carboxylic acids is 1. The highest BCUT2D eigenvalue weighted by Crippen LogP contribution is 2.30. The van der Waals surface area contributed by atoms with Gasteiger partial charge in [-0.1, -0.05) is 6.07 Å². The number of nitrogens with zero attached hydrogens (tertiary/aromatic N) is 3. The first-order valence-electron chi connectivity index (χ1n) is 9.95. The number of hydrogen-bond donors (Lipinski definition) is 1. The molecule has 1 aliphatic carbocycles. The second kappa shape index (κ2) is 10.3. The Morgan fingerprint density at radius 1 is 1.03 bits per heavy atom. The second-order valence-corrected chi connectivity index (χ2v) is 7.61. The predicted molar refractivity (Wildman–Crippen MR) is 119 cm³/mol. The Morgan fingerprint density at radius 2 is 1.75 bits per heavy atom. The molecule has 0 atom stereocenters. The summed E-state index contributed by atoms with van der Waals surface area (Å²) in [5.74, 6) is -2.00. The summed E-state index contributed by atoms with van der Waals surface area (Å²) >= 11 is 0. The summed E-state index contributed by atoms with van der Waals surface area (Å²) < 4.78 is 26.8. The van der Waals surface area contributed by atoms with Gasteiger partial charge in [0.15, 0.2) is 11.6 Å². The van der Waals surface area contributed by atoms with Gasteiger partial charge in [0.2, 0.25) is 0 Å². The Labute approximate surface area is 191 Å². The summed E-state index contributed by atoms with van der Waals surface area (Å²) in [5.41, 5.74) is 3.09. The molecule has 0 aliphatic heterocycles. The van der Waals surface area contributed by atoms with Crippen LogP contribution in [0.15, 0.2) is 60.9 Å². The van der Waals surface area contributed by atoms with Crippen LogP contribution in [0.5, 0.6) is 0 Å². The minimum Gasteiger partial charge on any atom is -0.322 e. The first-order valence-corrected chi connectivity index (χ1v) is 9.95. The van der Waals surface area contributed by atoms with Gasteiger partial charge in [-0.05, 0) is 66.4 Å². The van der Waals surface area contributed by atoms with Crippen LogP contribution in [0.2, 0.25) is 0 Å². The van der Waals surface area contributed by atoms with E-state index in [1.807, 2.05) is 6.07 Å². The molecule has 0 bridgehead atoms. The number of rotatable bonds is 7. The van der Waals surface area contributed by atoms with Crippen LogP contribution in [0.3, 0.4) is 0 Å². The monoisotopic (exact) mass is 454 g/mol. The summed E-state index contributed by atoms with van der Waals surface area (Å²) in [6, 6.07) is 14.8. The van der Waals surface area contributed by atoms with Gasteiger partial charge in [0, 0.05) is 37.2 Å². The van der Waals surface area contributed by atoms with Gasteiger partial charge in [-0.25, -0.2) is 8.78 Å². The van der Waals surface area contributed by atoms with Crippen molar-refractivity contribution in [1.29, 1.82) is 5.26 Å². The van der Waals surface area contributed by atoms with E-state index >= 15 is 0 Å². The van der Waals surface area contributed by atoms with E-state index in [1.54, 1.807) is 42.6 Å². The summed E-state index contributed by atoms with van der Waals surface area (Å²) in [5, 5.41) is 11.7. The standard InChI is InChI=1S/C24H20F2N4O.ClH/c25-22-8-3-17(10-23(22)26)14-30(21-6-7-21)15-18-9-19(13-28-12-18)24(31)29-20-4-1-16(11-27)2-5-20;/h1-5,8-10,12-13,21H,6-7,14-15H2,(H,29,31);1H.